The van der Waals surface area contributed by atoms with Gasteiger partial charge < -0.3 is 25.8 Å². The number of thioether (sulfide) groups is 1. The minimum Gasteiger partial charge on any atom is -0.444 e. The van der Waals surface area contributed by atoms with Gasteiger partial charge in [0.1, 0.15) is 17.7 Å². The lowest BCUT2D eigenvalue weighted by atomic mass is 9.99. The number of benzene rings is 2. The van der Waals surface area contributed by atoms with Crippen LogP contribution < -0.4 is 16.0 Å². The van der Waals surface area contributed by atoms with E-state index < -0.39 is 47.7 Å². The SMILES string of the molecule is CC(C)C[C@@H](NC(=O)[C@H](C)NC(=O)[C@H](Cc1ccccc1)NC(=O)OC(C)(C)C)[C@H](O)CSCCc1ccccc1. The zero-order chi connectivity index (χ0) is 30.4. The molecule has 0 saturated carbocycles. The first kappa shape index (κ1) is 34.2. The molecule has 8 nitrogen and oxygen atoms in total. The monoisotopic (exact) mass is 585 g/mol. The lowest BCUT2D eigenvalue weighted by Crippen LogP contribution is -2.56. The van der Waals surface area contributed by atoms with Crippen LogP contribution in [0.2, 0.25) is 0 Å². The maximum absolute atomic E-state index is 13.2. The Morgan fingerprint density at radius 1 is 0.854 bits per heavy atom. The van der Waals surface area contributed by atoms with E-state index in [9.17, 15) is 19.5 Å². The van der Waals surface area contributed by atoms with Crippen molar-refractivity contribution in [2.24, 2.45) is 5.92 Å². The van der Waals surface area contributed by atoms with Gasteiger partial charge in [-0.1, -0.05) is 74.5 Å². The molecule has 0 aromatic heterocycles. The van der Waals surface area contributed by atoms with Crippen LogP contribution in [0.15, 0.2) is 60.7 Å². The van der Waals surface area contributed by atoms with Gasteiger partial charge in [0.15, 0.2) is 0 Å². The fourth-order valence-electron chi connectivity index (χ4n) is 4.17. The minimum atomic E-state index is -0.944. The molecule has 2 rings (SSSR count). The quantitative estimate of drug-likeness (QED) is 0.229. The summed E-state index contributed by atoms with van der Waals surface area (Å²) < 4.78 is 5.35. The van der Waals surface area contributed by atoms with E-state index in [0.29, 0.717) is 12.2 Å². The number of carbonyl (C=O) groups excluding carboxylic acids is 3. The molecule has 41 heavy (non-hydrogen) atoms. The molecule has 226 valence electrons. The average molecular weight is 586 g/mol. The van der Waals surface area contributed by atoms with E-state index in [4.69, 9.17) is 4.74 Å². The predicted octanol–water partition coefficient (Wildman–Crippen LogP) is 4.49. The molecule has 0 spiro atoms. The Kier molecular flexibility index (Phi) is 14.2. The summed E-state index contributed by atoms with van der Waals surface area (Å²) in [5.74, 6) is 0.711. The zero-order valence-electron chi connectivity index (χ0n) is 25.2. The number of hydrogen-bond acceptors (Lipinski definition) is 6. The van der Waals surface area contributed by atoms with Gasteiger partial charge in [-0.3, -0.25) is 9.59 Å². The summed E-state index contributed by atoms with van der Waals surface area (Å²) in [7, 11) is 0. The van der Waals surface area contributed by atoms with Crippen molar-refractivity contribution in [3.05, 3.63) is 71.8 Å². The largest absolute Gasteiger partial charge is 0.444 e. The van der Waals surface area contributed by atoms with E-state index in [1.807, 2.05) is 62.4 Å². The van der Waals surface area contributed by atoms with Crippen LogP contribution in [-0.4, -0.2) is 64.4 Å². The number of aliphatic hydroxyl groups is 1. The highest BCUT2D eigenvalue weighted by Gasteiger charge is 2.29. The predicted molar refractivity (Wildman–Crippen MR) is 166 cm³/mol. The van der Waals surface area contributed by atoms with Crippen LogP contribution in [0.1, 0.15) is 59.1 Å². The van der Waals surface area contributed by atoms with Crippen molar-refractivity contribution < 1.29 is 24.2 Å². The molecule has 3 amide bonds. The van der Waals surface area contributed by atoms with E-state index in [-0.39, 0.29) is 12.3 Å². The van der Waals surface area contributed by atoms with Crippen LogP contribution in [0.3, 0.4) is 0 Å². The maximum atomic E-state index is 13.2. The fraction of sp³-hybridized carbons (Fsp3) is 0.531. The number of nitrogens with one attached hydrogen (secondary N) is 3. The third-order valence-electron chi connectivity index (χ3n) is 6.23. The van der Waals surface area contributed by atoms with E-state index >= 15 is 0 Å². The van der Waals surface area contributed by atoms with Gasteiger partial charge in [-0.15, -0.1) is 0 Å². The Morgan fingerprint density at radius 3 is 2.00 bits per heavy atom. The summed E-state index contributed by atoms with van der Waals surface area (Å²) in [5, 5.41) is 19.2. The molecule has 0 saturated heterocycles. The molecule has 0 fully saturated rings. The van der Waals surface area contributed by atoms with Crippen molar-refractivity contribution in [1.29, 1.82) is 0 Å². The number of alkyl carbamates (subject to hydrolysis) is 1. The van der Waals surface area contributed by atoms with Crippen LogP contribution in [-0.2, 0) is 27.2 Å². The second-order valence-corrected chi connectivity index (χ2v) is 12.9. The summed E-state index contributed by atoms with van der Waals surface area (Å²) in [6.45, 7) is 10.9. The Hall–Kier alpha value is -3.04. The Morgan fingerprint density at radius 2 is 1.44 bits per heavy atom. The summed E-state index contributed by atoms with van der Waals surface area (Å²) in [6, 6.07) is 17.2. The Balaban J connectivity index is 1.98. The molecular weight excluding hydrogens is 538 g/mol. The van der Waals surface area contributed by atoms with Gasteiger partial charge in [0.25, 0.3) is 0 Å². The number of rotatable bonds is 15. The molecule has 0 aliphatic heterocycles. The van der Waals surface area contributed by atoms with Gasteiger partial charge >= 0.3 is 6.09 Å². The van der Waals surface area contributed by atoms with E-state index in [1.165, 1.54) is 5.56 Å². The molecule has 0 unspecified atom stereocenters. The van der Waals surface area contributed by atoms with Gasteiger partial charge in [-0.05, 0) is 63.3 Å². The number of aryl methyl sites for hydroxylation is 1. The first-order chi connectivity index (χ1) is 19.3. The third kappa shape index (κ3) is 13.9. The second kappa shape index (κ2) is 17.0. The molecule has 0 aliphatic rings. The van der Waals surface area contributed by atoms with Gasteiger partial charge in [0, 0.05) is 12.2 Å². The molecule has 0 bridgehead atoms. The summed E-state index contributed by atoms with van der Waals surface area (Å²) in [6.07, 6.45) is 0.295. The zero-order valence-corrected chi connectivity index (χ0v) is 26.0. The Bertz CT molecular complexity index is 1080. The first-order valence-corrected chi connectivity index (χ1v) is 15.4. The molecule has 4 N–H and O–H groups in total. The number of amides is 3. The van der Waals surface area contributed by atoms with Crippen LogP contribution in [0.25, 0.3) is 0 Å². The minimum absolute atomic E-state index is 0.231. The summed E-state index contributed by atoms with van der Waals surface area (Å²) in [4.78, 5) is 38.8. The molecule has 2 aromatic rings. The summed E-state index contributed by atoms with van der Waals surface area (Å²) >= 11 is 1.65. The van der Waals surface area contributed by atoms with E-state index in [0.717, 1.165) is 17.7 Å². The maximum Gasteiger partial charge on any atom is 0.408 e. The normalized spacial score (nSPS) is 14.4. The fourth-order valence-corrected chi connectivity index (χ4v) is 5.19. The van der Waals surface area contributed by atoms with Crippen molar-refractivity contribution in [1.82, 2.24) is 16.0 Å². The first-order valence-electron chi connectivity index (χ1n) is 14.3. The summed E-state index contributed by atoms with van der Waals surface area (Å²) in [5.41, 5.74) is 1.38. The standard InChI is InChI=1S/C32H47N3O5S/c1-22(2)19-26(28(36)21-41-18-17-24-13-9-7-10-14-24)34-29(37)23(3)33-30(38)27(20-25-15-11-8-12-16-25)35-31(39)40-32(4,5)6/h7-16,22-23,26-28,36H,17-21H2,1-6H3,(H,33,38)(H,34,37)(H,35,39)/t23-,26+,27-,28+/m0/s1. The number of ether oxygens (including phenoxy) is 1. The number of hydrogen-bond donors (Lipinski definition) is 4. The Labute approximate surface area is 249 Å². The molecule has 0 heterocycles. The molecular formula is C32H47N3O5S. The second-order valence-electron chi connectivity index (χ2n) is 11.7. The van der Waals surface area contributed by atoms with Crippen LogP contribution >= 0.6 is 11.8 Å². The van der Waals surface area contributed by atoms with Crippen molar-refractivity contribution in [3.63, 3.8) is 0 Å². The van der Waals surface area contributed by atoms with Crippen molar-refractivity contribution in [3.8, 4) is 0 Å². The van der Waals surface area contributed by atoms with Gasteiger partial charge in [0.2, 0.25) is 11.8 Å². The van der Waals surface area contributed by atoms with Crippen molar-refractivity contribution in [2.75, 3.05) is 11.5 Å². The lowest BCUT2D eigenvalue weighted by Gasteiger charge is -2.28. The van der Waals surface area contributed by atoms with Gasteiger partial charge in [-0.2, -0.15) is 11.8 Å². The van der Waals surface area contributed by atoms with Crippen molar-refractivity contribution >= 4 is 29.7 Å². The molecule has 9 heteroatoms. The molecule has 2 aromatic carbocycles. The molecule has 0 radical (unpaired) electrons. The van der Waals surface area contributed by atoms with Crippen LogP contribution in [0, 0.1) is 5.92 Å². The van der Waals surface area contributed by atoms with E-state index in [2.05, 4.69) is 28.1 Å². The highest BCUT2D eigenvalue weighted by atomic mass is 32.2. The molecule has 4 atom stereocenters. The van der Waals surface area contributed by atoms with E-state index in [1.54, 1.807) is 39.5 Å². The van der Waals surface area contributed by atoms with Gasteiger partial charge in [-0.25, -0.2) is 4.79 Å². The highest BCUT2D eigenvalue weighted by Crippen LogP contribution is 2.15. The topological polar surface area (TPSA) is 117 Å². The molecule has 0 aliphatic carbocycles. The van der Waals surface area contributed by atoms with Crippen LogP contribution in [0.5, 0.6) is 0 Å². The number of aliphatic hydroxyl groups excluding tert-OH is 1. The van der Waals surface area contributed by atoms with Crippen molar-refractivity contribution in [2.45, 2.75) is 90.6 Å². The smallest absolute Gasteiger partial charge is 0.408 e. The third-order valence-corrected chi connectivity index (χ3v) is 7.30. The number of carbonyl (C=O) groups is 3. The van der Waals surface area contributed by atoms with Crippen LogP contribution in [0.4, 0.5) is 4.79 Å². The van der Waals surface area contributed by atoms with Gasteiger partial charge in [0.05, 0.1) is 12.1 Å². The highest BCUT2D eigenvalue weighted by molar-refractivity contribution is 7.99. The average Bonchev–Trinajstić information content (AvgIpc) is 2.90. The lowest BCUT2D eigenvalue weighted by molar-refractivity contribution is -0.130.